The summed E-state index contributed by atoms with van der Waals surface area (Å²) in [7, 11) is 0. The van der Waals surface area contributed by atoms with Gasteiger partial charge >= 0.3 is 0 Å². The van der Waals surface area contributed by atoms with Gasteiger partial charge in [0.2, 0.25) is 0 Å². The van der Waals surface area contributed by atoms with Gasteiger partial charge in [-0.05, 0) is 38.2 Å². The van der Waals surface area contributed by atoms with Crippen molar-refractivity contribution in [1.82, 2.24) is 20.3 Å². The van der Waals surface area contributed by atoms with Crippen molar-refractivity contribution in [3.8, 4) is 0 Å². The standard InChI is InChI=1S/C18H25N5O3.2ClH/c24-17(22-25)2-1-13-9-20-16(10-19-13)21-14-5-8-23(11-14)12-18-6-3-15(26-18)4-7-18;;/h1-2,9-10,14-15,25H,3-8,11-12H2,(H,20,21)(H,22,24);2*1H/b2-1+;;/t14-,15?,18?;;/m1../s1. The monoisotopic (exact) mass is 431 g/mol. The Hall–Kier alpha value is -1.45. The number of aromatic nitrogens is 2. The van der Waals surface area contributed by atoms with Gasteiger partial charge in [-0.1, -0.05) is 0 Å². The van der Waals surface area contributed by atoms with Crippen LogP contribution < -0.4 is 10.8 Å². The van der Waals surface area contributed by atoms with Gasteiger partial charge in [-0.3, -0.25) is 19.9 Å². The first-order valence-corrected chi connectivity index (χ1v) is 9.25. The molecule has 3 N–H and O–H groups in total. The zero-order valence-corrected chi connectivity index (χ0v) is 17.2. The van der Waals surface area contributed by atoms with Crippen LogP contribution in [0.3, 0.4) is 0 Å². The predicted molar refractivity (Wildman–Crippen MR) is 110 cm³/mol. The van der Waals surface area contributed by atoms with E-state index >= 15 is 0 Å². The number of fused-ring (bicyclic) bond motifs is 2. The fraction of sp³-hybridized carbons (Fsp3) is 0.611. The molecule has 1 aromatic rings. The highest BCUT2D eigenvalue weighted by molar-refractivity contribution is 5.90. The molecule has 3 aliphatic rings. The summed E-state index contributed by atoms with van der Waals surface area (Å²) < 4.78 is 6.20. The van der Waals surface area contributed by atoms with E-state index in [1.54, 1.807) is 12.4 Å². The number of rotatable bonds is 6. The van der Waals surface area contributed by atoms with E-state index in [1.807, 2.05) is 0 Å². The number of nitrogens with one attached hydrogen (secondary N) is 2. The van der Waals surface area contributed by atoms with Crippen molar-refractivity contribution in [2.24, 2.45) is 0 Å². The summed E-state index contributed by atoms with van der Waals surface area (Å²) in [6, 6.07) is 0.362. The number of carbonyl (C=O) groups excluding carboxylic acids is 1. The molecule has 28 heavy (non-hydrogen) atoms. The summed E-state index contributed by atoms with van der Waals surface area (Å²) in [6.45, 7) is 3.12. The number of likely N-dealkylation sites (tertiary alicyclic amines) is 1. The second-order valence-corrected chi connectivity index (χ2v) is 7.50. The lowest BCUT2D eigenvalue weighted by Gasteiger charge is -2.30. The molecule has 2 bridgehead atoms. The Bertz CT molecular complexity index is 680. The van der Waals surface area contributed by atoms with E-state index in [-0.39, 0.29) is 30.4 Å². The first-order chi connectivity index (χ1) is 12.6. The van der Waals surface area contributed by atoms with Crippen molar-refractivity contribution in [1.29, 1.82) is 0 Å². The van der Waals surface area contributed by atoms with Crippen LogP contribution in [0, 0.1) is 0 Å². The Morgan fingerprint density at radius 2 is 2.07 bits per heavy atom. The molecule has 10 heteroatoms. The number of carbonyl (C=O) groups is 1. The van der Waals surface area contributed by atoms with Gasteiger partial charge in [0.15, 0.2) is 0 Å². The van der Waals surface area contributed by atoms with Crippen LogP contribution in [0.5, 0.6) is 0 Å². The minimum absolute atomic E-state index is 0. The van der Waals surface area contributed by atoms with Crippen molar-refractivity contribution >= 4 is 42.6 Å². The zero-order chi connectivity index (χ0) is 18.0. The Morgan fingerprint density at radius 3 is 2.68 bits per heavy atom. The smallest absolute Gasteiger partial charge is 0.267 e. The summed E-state index contributed by atoms with van der Waals surface area (Å²) in [6.07, 6.45) is 12.4. The van der Waals surface area contributed by atoms with Gasteiger partial charge in [-0.25, -0.2) is 10.5 Å². The average molecular weight is 432 g/mol. The lowest BCUT2D eigenvalue weighted by Crippen LogP contribution is -2.41. The van der Waals surface area contributed by atoms with Gasteiger partial charge in [-0.15, -0.1) is 24.8 Å². The van der Waals surface area contributed by atoms with Crippen LogP contribution in [0.2, 0.25) is 0 Å². The van der Waals surface area contributed by atoms with Gasteiger partial charge in [-0.2, -0.15) is 0 Å². The molecule has 156 valence electrons. The highest BCUT2D eigenvalue weighted by Gasteiger charge is 2.47. The number of ether oxygens (including phenoxy) is 1. The second kappa shape index (κ2) is 9.84. The van der Waals surface area contributed by atoms with Crippen molar-refractivity contribution in [2.45, 2.75) is 49.9 Å². The van der Waals surface area contributed by atoms with E-state index in [0.29, 0.717) is 17.8 Å². The largest absolute Gasteiger partial charge is 0.370 e. The van der Waals surface area contributed by atoms with Crippen molar-refractivity contribution in [3.05, 3.63) is 24.2 Å². The van der Waals surface area contributed by atoms with Crippen LogP contribution in [0.25, 0.3) is 6.08 Å². The van der Waals surface area contributed by atoms with E-state index < -0.39 is 5.91 Å². The lowest BCUT2D eigenvalue weighted by molar-refractivity contribution is -0.124. The molecule has 1 aromatic heterocycles. The highest BCUT2D eigenvalue weighted by Crippen LogP contribution is 2.44. The fourth-order valence-corrected chi connectivity index (χ4v) is 4.31. The Balaban J connectivity index is 0.00000140. The SMILES string of the molecule is Cl.Cl.O=C(/C=C/c1cnc(N[C@@H]2CCN(CC34CCC(CC3)O4)C2)cn1)NO. The van der Waals surface area contributed by atoms with Crippen molar-refractivity contribution < 1.29 is 14.7 Å². The third kappa shape index (κ3) is 5.33. The van der Waals surface area contributed by atoms with Crippen LogP contribution >= 0.6 is 24.8 Å². The van der Waals surface area contributed by atoms with Crippen LogP contribution in [-0.2, 0) is 9.53 Å². The summed E-state index contributed by atoms with van der Waals surface area (Å²) in [5.74, 6) is 0.135. The number of nitrogens with zero attached hydrogens (tertiary/aromatic N) is 3. The predicted octanol–water partition coefficient (Wildman–Crippen LogP) is 2.04. The fourth-order valence-electron chi connectivity index (χ4n) is 4.31. The quantitative estimate of drug-likeness (QED) is 0.359. The maximum atomic E-state index is 11.0. The Kier molecular flexibility index (Phi) is 8.03. The molecule has 1 amide bonds. The molecule has 4 rings (SSSR count). The number of hydroxylamine groups is 1. The Labute approximate surface area is 176 Å². The number of anilines is 1. The molecule has 0 radical (unpaired) electrons. The molecule has 3 saturated heterocycles. The maximum Gasteiger partial charge on any atom is 0.267 e. The van der Waals surface area contributed by atoms with Gasteiger partial charge < -0.3 is 10.1 Å². The summed E-state index contributed by atoms with van der Waals surface area (Å²) >= 11 is 0. The topological polar surface area (TPSA) is 99.6 Å². The maximum absolute atomic E-state index is 11.0. The third-order valence-electron chi connectivity index (χ3n) is 5.58. The second-order valence-electron chi connectivity index (χ2n) is 7.50. The number of hydrogen-bond donors (Lipinski definition) is 3. The molecule has 0 saturated carbocycles. The van der Waals surface area contributed by atoms with Gasteiger partial charge in [0.1, 0.15) is 5.82 Å². The van der Waals surface area contributed by atoms with E-state index in [4.69, 9.17) is 9.94 Å². The molecule has 0 aliphatic carbocycles. The van der Waals surface area contributed by atoms with Gasteiger partial charge in [0, 0.05) is 31.8 Å². The van der Waals surface area contributed by atoms with Crippen LogP contribution in [-0.4, -0.2) is 63.4 Å². The van der Waals surface area contributed by atoms with Gasteiger partial charge in [0.05, 0.1) is 29.8 Å². The molecular weight excluding hydrogens is 405 g/mol. The minimum atomic E-state index is -0.598. The highest BCUT2D eigenvalue weighted by atomic mass is 35.5. The molecular formula is C18H27Cl2N5O3. The van der Waals surface area contributed by atoms with Crippen LogP contribution in [0.1, 0.15) is 37.8 Å². The summed E-state index contributed by atoms with van der Waals surface area (Å²) in [5, 5.41) is 11.9. The van der Waals surface area contributed by atoms with Gasteiger partial charge in [0.25, 0.3) is 5.91 Å². The van der Waals surface area contributed by atoms with E-state index in [0.717, 1.165) is 31.9 Å². The van der Waals surface area contributed by atoms with Crippen LogP contribution in [0.15, 0.2) is 18.5 Å². The first-order valence-electron chi connectivity index (χ1n) is 9.25. The molecule has 4 heterocycles. The minimum Gasteiger partial charge on any atom is -0.370 e. The van der Waals surface area contributed by atoms with E-state index in [1.165, 1.54) is 43.3 Å². The molecule has 3 fully saturated rings. The normalized spacial score (nSPS) is 28.8. The molecule has 1 atom stereocenters. The number of amides is 1. The van der Waals surface area contributed by atoms with Crippen molar-refractivity contribution in [2.75, 3.05) is 25.0 Å². The molecule has 3 aliphatic heterocycles. The zero-order valence-electron chi connectivity index (χ0n) is 15.5. The third-order valence-corrected chi connectivity index (χ3v) is 5.58. The average Bonchev–Trinajstić information content (AvgIpc) is 3.37. The Morgan fingerprint density at radius 1 is 1.29 bits per heavy atom. The number of halogens is 2. The molecule has 0 spiro atoms. The molecule has 0 aromatic carbocycles. The van der Waals surface area contributed by atoms with Crippen molar-refractivity contribution in [3.63, 3.8) is 0 Å². The van der Waals surface area contributed by atoms with Crippen LogP contribution in [0.4, 0.5) is 5.82 Å². The summed E-state index contributed by atoms with van der Waals surface area (Å²) in [5.41, 5.74) is 2.21. The molecule has 0 unspecified atom stereocenters. The van der Waals surface area contributed by atoms with E-state index in [9.17, 15) is 4.79 Å². The first kappa shape index (κ1) is 22.8. The summed E-state index contributed by atoms with van der Waals surface area (Å²) in [4.78, 5) is 22.1. The lowest BCUT2D eigenvalue weighted by atomic mass is 9.88. The number of hydrogen-bond acceptors (Lipinski definition) is 7. The van der Waals surface area contributed by atoms with E-state index in [2.05, 4.69) is 20.2 Å². The molecule has 8 nitrogen and oxygen atoms in total.